The van der Waals surface area contributed by atoms with Crippen LogP contribution in [0.15, 0.2) is 0 Å². The summed E-state index contributed by atoms with van der Waals surface area (Å²) in [4.78, 5) is 12.2. The summed E-state index contributed by atoms with van der Waals surface area (Å²) in [5.74, 6) is 4.12. The second-order valence-corrected chi connectivity index (χ2v) is 7.51. The molecule has 1 amide bonds. The van der Waals surface area contributed by atoms with Gasteiger partial charge in [-0.25, -0.2) is 0 Å². The highest BCUT2D eigenvalue weighted by molar-refractivity contribution is 5.81. The highest BCUT2D eigenvalue weighted by Gasteiger charge is 2.54. The van der Waals surface area contributed by atoms with Gasteiger partial charge in [0.15, 0.2) is 0 Å². The summed E-state index contributed by atoms with van der Waals surface area (Å²) >= 11 is 0. The van der Waals surface area contributed by atoms with Crippen LogP contribution in [0.3, 0.4) is 0 Å². The third-order valence-corrected chi connectivity index (χ3v) is 5.82. The van der Waals surface area contributed by atoms with Gasteiger partial charge in [-0.2, -0.15) is 0 Å². The van der Waals surface area contributed by atoms with Gasteiger partial charge in [0.2, 0.25) is 5.91 Å². The van der Waals surface area contributed by atoms with Gasteiger partial charge in [0, 0.05) is 6.04 Å². The van der Waals surface area contributed by atoms with Crippen molar-refractivity contribution in [3.63, 3.8) is 0 Å². The van der Waals surface area contributed by atoms with E-state index in [1.807, 2.05) is 0 Å². The molecule has 0 aromatic heterocycles. The molecule has 3 fully saturated rings. The quantitative estimate of drug-likeness (QED) is 0.818. The fraction of sp³-hybridized carbons (Fsp3) is 0.938. The summed E-state index contributed by atoms with van der Waals surface area (Å²) in [5, 5.41) is 3.26. The SMILES string of the molecule is CC(C)C[C@@H](N)C(=O)NC1CC2CC1C1CCCC21. The first-order valence-electron chi connectivity index (χ1n) is 8.12. The van der Waals surface area contributed by atoms with Gasteiger partial charge in [0.1, 0.15) is 0 Å². The van der Waals surface area contributed by atoms with E-state index in [0.717, 1.165) is 30.1 Å². The monoisotopic (exact) mass is 264 g/mol. The molecule has 2 bridgehead atoms. The Kier molecular flexibility index (Phi) is 3.59. The standard InChI is InChI=1S/C16H28N2O/c1-9(2)6-14(17)16(19)18-15-8-10-7-13(15)12-5-3-4-11(10)12/h9-15H,3-8,17H2,1-2H3,(H,18,19)/t10?,11?,12?,13?,14-,15?/m1/s1. The second kappa shape index (κ2) is 5.08. The molecule has 3 aliphatic carbocycles. The smallest absolute Gasteiger partial charge is 0.237 e. The summed E-state index contributed by atoms with van der Waals surface area (Å²) in [7, 11) is 0. The van der Waals surface area contributed by atoms with E-state index >= 15 is 0 Å². The summed E-state index contributed by atoms with van der Waals surface area (Å²) in [5.41, 5.74) is 5.99. The number of nitrogens with two attached hydrogens (primary N) is 1. The molecule has 19 heavy (non-hydrogen) atoms. The highest BCUT2D eigenvalue weighted by Crippen LogP contribution is 2.58. The molecular weight excluding hydrogens is 236 g/mol. The van der Waals surface area contributed by atoms with Crippen LogP contribution in [0.2, 0.25) is 0 Å². The number of fused-ring (bicyclic) bond motifs is 5. The average Bonchev–Trinajstić information content (AvgIpc) is 2.98. The topological polar surface area (TPSA) is 55.1 Å². The Balaban J connectivity index is 1.56. The van der Waals surface area contributed by atoms with Gasteiger partial charge in [-0.3, -0.25) is 4.79 Å². The lowest BCUT2D eigenvalue weighted by atomic mass is 9.79. The van der Waals surface area contributed by atoms with E-state index in [0.29, 0.717) is 12.0 Å². The Labute approximate surface area is 116 Å². The normalized spacial score (nSPS) is 41.6. The van der Waals surface area contributed by atoms with Crippen LogP contribution in [0.4, 0.5) is 0 Å². The lowest BCUT2D eigenvalue weighted by molar-refractivity contribution is -0.124. The van der Waals surface area contributed by atoms with E-state index in [1.165, 1.54) is 32.1 Å². The summed E-state index contributed by atoms with van der Waals surface area (Å²) in [6.07, 6.45) is 7.62. The molecule has 3 heteroatoms. The first kappa shape index (κ1) is 13.4. The lowest BCUT2D eigenvalue weighted by Crippen LogP contribution is -2.49. The molecule has 3 aliphatic rings. The van der Waals surface area contributed by atoms with Crippen LogP contribution in [-0.4, -0.2) is 18.0 Å². The number of amides is 1. The Bertz CT molecular complexity index is 355. The van der Waals surface area contributed by atoms with Gasteiger partial charge in [0.05, 0.1) is 6.04 Å². The van der Waals surface area contributed by atoms with Gasteiger partial charge in [0.25, 0.3) is 0 Å². The van der Waals surface area contributed by atoms with Gasteiger partial charge in [-0.05, 0) is 61.7 Å². The minimum Gasteiger partial charge on any atom is -0.352 e. The molecule has 0 spiro atoms. The van der Waals surface area contributed by atoms with Gasteiger partial charge >= 0.3 is 0 Å². The van der Waals surface area contributed by atoms with Crippen molar-refractivity contribution in [3.8, 4) is 0 Å². The van der Waals surface area contributed by atoms with Crippen molar-refractivity contribution in [2.45, 2.75) is 64.5 Å². The van der Waals surface area contributed by atoms with Crippen LogP contribution in [0, 0.1) is 29.6 Å². The highest BCUT2D eigenvalue weighted by atomic mass is 16.2. The Morgan fingerprint density at radius 3 is 2.68 bits per heavy atom. The second-order valence-electron chi connectivity index (χ2n) is 7.51. The lowest BCUT2D eigenvalue weighted by Gasteiger charge is -2.32. The van der Waals surface area contributed by atoms with Crippen LogP contribution in [0.25, 0.3) is 0 Å². The Hall–Kier alpha value is -0.570. The van der Waals surface area contributed by atoms with Crippen LogP contribution in [0.1, 0.15) is 52.4 Å². The van der Waals surface area contributed by atoms with Gasteiger partial charge < -0.3 is 11.1 Å². The molecule has 0 radical (unpaired) electrons. The maximum Gasteiger partial charge on any atom is 0.237 e. The molecule has 3 rings (SSSR count). The number of hydrogen-bond donors (Lipinski definition) is 2. The Morgan fingerprint density at radius 2 is 1.95 bits per heavy atom. The van der Waals surface area contributed by atoms with Crippen molar-refractivity contribution in [2.24, 2.45) is 35.3 Å². The van der Waals surface area contributed by atoms with Gasteiger partial charge in [-0.1, -0.05) is 20.3 Å². The molecule has 3 N–H and O–H groups in total. The van der Waals surface area contributed by atoms with E-state index in [4.69, 9.17) is 5.73 Å². The zero-order chi connectivity index (χ0) is 13.6. The van der Waals surface area contributed by atoms with E-state index in [-0.39, 0.29) is 11.9 Å². The predicted molar refractivity (Wildman–Crippen MR) is 76.4 cm³/mol. The summed E-state index contributed by atoms with van der Waals surface area (Å²) in [6.45, 7) is 4.24. The van der Waals surface area contributed by atoms with Crippen molar-refractivity contribution >= 4 is 5.91 Å². The van der Waals surface area contributed by atoms with Crippen molar-refractivity contribution in [2.75, 3.05) is 0 Å². The third-order valence-electron chi connectivity index (χ3n) is 5.82. The van der Waals surface area contributed by atoms with E-state index in [1.54, 1.807) is 0 Å². The minimum absolute atomic E-state index is 0.0841. The molecule has 108 valence electrons. The Morgan fingerprint density at radius 1 is 1.21 bits per heavy atom. The molecule has 0 saturated heterocycles. The number of carbonyl (C=O) groups excluding carboxylic acids is 1. The van der Waals surface area contributed by atoms with Crippen molar-refractivity contribution in [1.82, 2.24) is 5.32 Å². The van der Waals surface area contributed by atoms with Crippen LogP contribution in [-0.2, 0) is 4.79 Å². The fourth-order valence-electron chi connectivity index (χ4n) is 5.14. The zero-order valence-corrected chi connectivity index (χ0v) is 12.3. The molecule has 5 unspecified atom stereocenters. The van der Waals surface area contributed by atoms with Crippen molar-refractivity contribution < 1.29 is 4.79 Å². The molecule has 0 aromatic rings. The molecule has 0 aliphatic heterocycles. The number of hydrogen-bond acceptors (Lipinski definition) is 2. The molecule has 0 aromatic carbocycles. The first-order valence-corrected chi connectivity index (χ1v) is 8.12. The number of rotatable bonds is 4. The van der Waals surface area contributed by atoms with Crippen LogP contribution >= 0.6 is 0 Å². The van der Waals surface area contributed by atoms with Crippen LogP contribution in [0.5, 0.6) is 0 Å². The number of nitrogens with one attached hydrogen (secondary N) is 1. The first-order chi connectivity index (χ1) is 9.06. The number of carbonyl (C=O) groups is 1. The summed E-state index contributed by atoms with van der Waals surface area (Å²) < 4.78 is 0. The summed E-state index contributed by atoms with van der Waals surface area (Å²) in [6, 6.07) is 0.105. The average molecular weight is 264 g/mol. The maximum absolute atomic E-state index is 12.2. The van der Waals surface area contributed by atoms with Crippen molar-refractivity contribution in [3.05, 3.63) is 0 Å². The van der Waals surface area contributed by atoms with E-state index < -0.39 is 0 Å². The molecule has 0 heterocycles. The minimum atomic E-state index is -0.321. The molecule has 3 saturated carbocycles. The predicted octanol–water partition coefficient (Wildman–Crippen LogP) is 2.30. The van der Waals surface area contributed by atoms with E-state index in [2.05, 4.69) is 19.2 Å². The van der Waals surface area contributed by atoms with Gasteiger partial charge in [-0.15, -0.1) is 0 Å². The third kappa shape index (κ3) is 2.42. The largest absolute Gasteiger partial charge is 0.352 e. The van der Waals surface area contributed by atoms with Crippen molar-refractivity contribution in [1.29, 1.82) is 0 Å². The zero-order valence-electron chi connectivity index (χ0n) is 12.3. The fourth-order valence-corrected chi connectivity index (χ4v) is 5.14. The molecular formula is C16H28N2O. The molecule has 3 nitrogen and oxygen atoms in total. The molecule has 6 atom stereocenters. The van der Waals surface area contributed by atoms with Crippen LogP contribution < -0.4 is 11.1 Å². The van der Waals surface area contributed by atoms with E-state index in [9.17, 15) is 4.79 Å². The maximum atomic E-state index is 12.2.